The molecule has 0 aromatic heterocycles. The van der Waals surface area contributed by atoms with Gasteiger partial charge in [-0.1, -0.05) is 6.07 Å². The molecule has 2 nitrogen and oxygen atoms in total. The molecular weight excluding hydrogens is 274 g/mol. The summed E-state index contributed by atoms with van der Waals surface area (Å²) in [6, 6.07) is 2.16. The third kappa shape index (κ3) is 2.96. The zero-order valence-electron chi connectivity index (χ0n) is 11.1. The lowest BCUT2D eigenvalue weighted by Gasteiger charge is -2.39. The van der Waals surface area contributed by atoms with Crippen molar-refractivity contribution in [2.75, 3.05) is 6.61 Å². The van der Waals surface area contributed by atoms with Crippen molar-refractivity contribution in [1.82, 2.24) is 0 Å². The van der Waals surface area contributed by atoms with Gasteiger partial charge in [-0.3, -0.25) is 0 Å². The van der Waals surface area contributed by atoms with Crippen molar-refractivity contribution in [1.29, 1.82) is 0 Å². The molecule has 2 atom stereocenters. The van der Waals surface area contributed by atoms with Gasteiger partial charge in [0.2, 0.25) is 0 Å². The van der Waals surface area contributed by atoms with Gasteiger partial charge in [-0.25, -0.2) is 4.39 Å². The second-order valence-corrected chi connectivity index (χ2v) is 5.33. The molecule has 0 spiro atoms. The summed E-state index contributed by atoms with van der Waals surface area (Å²) in [6.07, 6.45) is -2.22. The number of halogens is 4. The molecule has 2 rings (SSSR count). The summed E-state index contributed by atoms with van der Waals surface area (Å²) >= 11 is 0. The molecule has 1 aliphatic rings. The minimum Gasteiger partial charge on any atom is -0.373 e. The Labute approximate surface area is 114 Å². The fourth-order valence-corrected chi connectivity index (χ4v) is 2.51. The molecule has 0 amide bonds. The van der Waals surface area contributed by atoms with Gasteiger partial charge >= 0.3 is 6.18 Å². The Morgan fingerprint density at radius 2 is 2.00 bits per heavy atom. The van der Waals surface area contributed by atoms with Crippen LogP contribution in [0.1, 0.15) is 43.4 Å². The van der Waals surface area contributed by atoms with Crippen molar-refractivity contribution in [2.45, 2.75) is 44.0 Å². The molecule has 1 aromatic rings. The van der Waals surface area contributed by atoms with Crippen LogP contribution in [0.25, 0.3) is 0 Å². The van der Waals surface area contributed by atoms with Crippen LogP contribution in [0.3, 0.4) is 0 Å². The highest BCUT2D eigenvalue weighted by atomic mass is 19.4. The first-order valence-electron chi connectivity index (χ1n) is 6.50. The number of nitrogens with two attached hydrogens (primary N) is 1. The fraction of sp³-hybridized carbons (Fsp3) is 0.571. The van der Waals surface area contributed by atoms with Crippen LogP contribution in [0.2, 0.25) is 0 Å². The maximum Gasteiger partial charge on any atom is 0.419 e. The van der Waals surface area contributed by atoms with E-state index in [9.17, 15) is 17.6 Å². The van der Waals surface area contributed by atoms with Crippen molar-refractivity contribution < 1.29 is 22.3 Å². The molecule has 1 aliphatic heterocycles. The fourth-order valence-electron chi connectivity index (χ4n) is 2.51. The van der Waals surface area contributed by atoms with Gasteiger partial charge < -0.3 is 10.5 Å². The van der Waals surface area contributed by atoms with Crippen LogP contribution in [0.15, 0.2) is 18.2 Å². The van der Waals surface area contributed by atoms with Crippen molar-refractivity contribution in [3.63, 3.8) is 0 Å². The van der Waals surface area contributed by atoms with Gasteiger partial charge in [-0.05, 0) is 43.9 Å². The third-order valence-electron chi connectivity index (χ3n) is 3.81. The molecular formula is C14H17F4NO. The average molecular weight is 291 g/mol. The molecule has 0 aliphatic carbocycles. The standard InChI is InChI=1S/C14H17F4NO/c1-13(6-2-3-7-20-13)12(19)9-4-5-11(15)10(8-9)14(16,17)18/h4-5,8,12H,2-3,6-7,19H2,1H3. The third-order valence-corrected chi connectivity index (χ3v) is 3.81. The molecule has 112 valence electrons. The van der Waals surface area contributed by atoms with Crippen LogP contribution in [0.5, 0.6) is 0 Å². The number of rotatable bonds is 2. The summed E-state index contributed by atoms with van der Waals surface area (Å²) in [5.74, 6) is -1.29. The van der Waals surface area contributed by atoms with Crippen LogP contribution in [-0.2, 0) is 10.9 Å². The van der Waals surface area contributed by atoms with Crippen LogP contribution < -0.4 is 5.73 Å². The summed E-state index contributed by atoms with van der Waals surface area (Å²) in [5.41, 5.74) is 4.29. The lowest BCUT2D eigenvalue weighted by atomic mass is 9.84. The maximum absolute atomic E-state index is 13.3. The van der Waals surface area contributed by atoms with Crippen LogP contribution in [0, 0.1) is 5.82 Å². The lowest BCUT2D eigenvalue weighted by Crippen LogP contribution is -2.43. The monoisotopic (exact) mass is 291 g/mol. The predicted molar refractivity (Wildman–Crippen MR) is 66.5 cm³/mol. The molecule has 1 saturated heterocycles. The number of ether oxygens (including phenoxy) is 1. The lowest BCUT2D eigenvalue weighted by molar-refractivity contribution is -0.140. The van der Waals surface area contributed by atoms with Gasteiger partial charge in [0.25, 0.3) is 0 Å². The summed E-state index contributed by atoms with van der Waals surface area (Å²) in [4.78, 5) is 0. The van der Waals surface area contributed by atoms with Crippen molar-refractivity contribution in [3.05, 3.63) is 35.1 Å². The Balaban J connectivity index is 2.33. The highest BCUT2D eigenvalue weighted by molar-refractivity contribution is 5.31. The zero-order valence-corrected chi connectivity index (χ0v) is 11.1. The van der Waals surface area contributed by atoms with E-state index in [2.05, 4.69) is 0 Å². The van der Waals surface area contributed by atoms with E-state index in [1.807, 2.05) is 0 Å². The number of hydrogen-bond donors (Lipinski definition) is 1. The summed E-state index contributed by atoms with van der Waals surface area (Å²) in [5, 5.41) is 0. The first-order chi connectivity index (χ1) is 9.24. The molecule has 1 aromatic carbocycles. The molecule has 6 heteroatoms. The van der Waals surface area contributed by atoms with Gasteiger partial charge in [0.05, 0.1) is 17.2 Å². The van der Waals surface area contributed by atoms with Gasteiger partial charge in [-0.2, -0.15) is 13.2 Å². The Morgan fingerprint density at radius 3 is 2.55 bits per heavy atom. The highest BCUT2D eigenvalue weighted by Crippen LogP contribution is 2.38. The van der Waals surface area contributed by atoms with Crippen molar-refractivity contribution >= 4 is 0 Å². The van der Waals surface area contributed by atoms with Gasteiger partial charge in [0, 0.05) is 6.61 Å². The molecule has 2 unspecified atom stereocenters. The Bertz CT molecular complexity index is 481. The van der Waals surface area contributed by atoms with E-state index in [0.717, 1.165) is 25.0 Å². The second-order valence-electron chi connectivity index (χ2n) is 5.33. The minimum absolute atomic E-state index is 0.239. The van der Waals surface area contributed by atoms with E-state index in [4.69, 9.17) is 10.5 Å². The molecule has 2 N–H and O–H groups in total. The molecule has 1 heterocycles. The summed E-state index contributed by atoms with van der Waals surface area (Å²) < 4.78 is 57.1. The minimum atomic E-state index is -4.73. The molecule has 1 fully saturated rings. The largest absolute Gasteiger partial charge is 0.419 e. The quantitative estimate of drug-likeness (QED) is 0.841. The van der Waals surface area contributed by atoms with E-state index in [1.165, 1.54) is 6.07 Å². The first-order valence-corrected chi connectivity index (χ1v) is 6.50. The van der Waals surface area contributed by atoms with Gasteiger partial charge in [-0.15, -0.1) is 0 Å². The highest BCUT2D eigenvalue weighted by Gasteiger charge is 2.38. The van der Waals surface area contributed by atoms with Crippen LogP contribution >= 0.6 is 0 Å². The second kappa shape index (κ2) is 5.33. The zero-order chi connectivity index (χ0) is 15.0. The van der Waals surface area contributed by atoms with E-state index >= 15 is 0 Å². The van der Waals surface area contributed by atoms with E-state index < -0.39 is 29.2 Å². The summed E-state index contributed by atoms with van der Waals surface area (Å²) in [6.45, 7) is 2.32. The SMILES string of the molecule is CC1(C(N)c2ccc(F)c(C(F)(F)F)c2)CCCCO1. The van der Waals surface area contributed by atoms with Crippen LogP contribution in [0.4, 0.5) is 17.6 Å². The molecule has 0 saturated carbocycles. The molecule has 0 radical (unpaired) electrons. The number of alkyl halides is 3. The van der Waals surface area contributed by atoms with Crippen LogP contribution in [-0.4, -0.2) is 12.2 Å². The maximum atomic E-state index is 13.3. The van der Waals surface area contributed by atoms with E-state index in [-0.39, 0.29) is 5.56 Å². The van der Waals surface area contributed by atoms with Gasteiger partial charge in [0.1, 0.15) is 5.82 Å². The molecule has 20 heavy (non-hydrogen) atoms. The number of benzene rings is 1. The normalized spacial score (nSPS) is 25.5. The van der Waals surface area contributed by atoms with E-state index in [1.54, 1.807) is 6.92 Å². The topological polar surface area (TPSA) is 35.2 Å². The average Bonchev–Trinajstić information content (AvgIpc) is 2.38. The predicted octanol–water partition coefficient (Wildman–Crippen LogP) is 3.80. The summed E-state index contributed by atoms with van der Waals surface area (Å²) in [7, 11) is 0. The van der Waals surface area contributed by atoms with Crippen molar-refractivity contribution in [2.24, 2.45) is 5.73 Å². The smallest absolute Gasteiger partial charge is 0.373 e. The Morgan fingerprint density at radius 1 is 1.30 bits per heavy atom. The Kier molecular flexibility index (Phi) is 4.07. The molecule has 0 bridgehead atoms. The van der Waals surface area contributed by atoms with Crippen molar-refractivity contribution in [3.8, 4) is 0 Å². The Hall–Kier alpha value is -1.14. The number of hydrogen-bond acceptors (Lipinski definition) is 2. The van der Waals surface area contributed by atoms with E-state index in [0.29, 0.717) is 13.0 Å². The first kappa shape index (κ1) is 15.3. The van der Waals surface area contributed by atoms with Gasteiger partial charge in [0.15, 0.2) is 0 Å².